The van der Waals surface area contributed by atoms with Crippen LogP contribution in [0.1, 0.15) is 0 Å². The lowest BCUT2D eigenvalue weighted by molar-refractivity contribution is -0.121. The molecule has 0 spiro atoms. The second kappa shape index (κ2) is 6.54. The summed E-state index contributed by atoms with van der Waals surface area (Å²) < 4.78 is 4.53. The highest BCUT2D eigenvalue weighted by molar-refractivity contribution is 7.20. The number of ether oxygens (including phenoxy) is 1. The Bertz CT molecular complexity index is 581. The highest BCUT2D eigenvalue weighted by Gasteiger charge is 2.36. The van der Waals surface area contributed by atoms with Gasteiger partial charge in [-0.3, -0.25) is 4.79 Å². The fraction of sp³-hybridized carbons (Fsp3) is 0.273. The smallest absolute Gasteiger partial charge is 0.276 e. The molecule has 0 unspecified atom stereocenters. The number of hydrogen-bond acceptors (Lipinski definition) is 4. The molecule has 0 aliphatic heterocycles. The molecule has 20 heavy (non-hydrogen) atoms. The number of carbonyl (C=O) groups excluding carboxylic acids is 1. The molecular formula is C11H8Cl4N2O2S. The van der Waals surface area contributed by atoms with Gasteiger partial charge in [-0.1, -0.05) is 58.3 Å². The zero-order valence-corrected chi connectivity index (χ0v) is 13.6. The summed E-state index contributed by atoms with van der Waals surface area (Å²) >= 11 is 24.0. The van der Waals surface area contributed by atoms with Crippen LogP contribution in [0.25, 0.3) is 10.2 Å². The number of para-hydroxylation sites is 1. The first kappa shape index (κ1) is 15.9. The first-order valence-electron chi connectivity index (χ1n) is 5.34. The van der Waals surface area contributed by atoms with Gasteiger partial charge in [-0.05, 0) is 12.1 Å². The van der Waals surface area contributed by atoms with Gasteiger partial charge in [-0.25, -0.2) is 4.98 Å². The summed E-state index contributed by atoms with van der Waals surface area (Å²) in [5.41, 5.74) is 0.763. The van der Waals surface area contributed by atoms with Crippen LogP contribution >= 0.6 is 57.7 Å². The largest absolute Gasteiger partial charge is 0.441 e. The third-order valence-corrected chi connectivity index (χ3v) is 3.97. The van der Waals surface area contributed by atoms with Crippen molar-refractivity contribution < 1.29 is 9.53 Å². The molecule has 0 fully saturated rings. The van der Waals surface area contributed by atoms with E-state index in [-0.39, 0.29) is 11.1 Å². The van der Waals surface area contributed by atoms with E-state index in [0.717, 1.165) is 10.2 Å². The maximum atomic E-state index is 11.3. The second-order valence-corrected chi connectivity index (χ2v) is 7.32. The standard InChI is InChI=1S/C11H8Cl4N2O2S/c12-5-8(18)17-9(11(13,14)15)19-10-16-6-3-1-2-4-7(6)20-10/h1-4,9H,5H2,(H,17,18)/t9-/m1/s1. The Morgan fingerprint density at radius 2 is 2.10 bits per heavy atom. The minimum atomic E-state index is -1.85. The van der Waals surface area contributed by atoms with Crippen molar-refractivity contribution in [2.75, 3.05) is 5.88 Å². The van der Waals surface area contributed by atoms with Crippen LogP contribution in [-0.2, 0) is 4.79 Å². The second-order valence-electron chi connectivity index (χ2n) is 3.69. The van der Waals surface area contributed by atoms with Gasteiger partial charge < -0.3 is 10.1 Å². The number of alkyl halides is 4. The number of benzene rings is 1. The predicted octanol–water partition coefficient (Wildman–Crippen LogP) is 3.73. The van der Waals surface area contributed by atoms with Gasteiger partial charge >= 0.3 is 0 Å². The maximum Gasteiger partial charge on any atom is 0.276 e. The molecule has 1 atom stereocenters. The summed E-state index contributed by atoms with van der Waals surface area (Å²) in [5, 5.41) is 2.67. The lowest BCUT2D eigenvalue weighted by Gasteiger charge is -2.24. The van der Waals surface area contributed by atoms with Crippen molar-refractivity contribution in [3.63, 3.8) is 0 Å². The number of aromatic nitrogens is 1. The first-order valence-corrected chi connectivity index (χ1v) is 7.83. The number of nitrogens with one attached hydrogen (secondary N) is 1. The first-order chi connectivity index (χ1) is 9.40. The Kier molecular flexibility index (Phi) is 5.20. The highest BCUT2D eigenvalue weighted by atomic mass is 35.6. The van der Waals surface area contributed by atoms with E-state index in [1.54, 1.807) is 0 Å². The minimum absolute atomic E-state index is 0.263. The van der Waals surface area contributed by atoms with E-state index >= 15 is 0 Å². The van der Waals surface area contributed by atoms with Gasteiger partial charge in [0.05, 0.1) is 10.2 Å². The van der Waals surface area contributed by atoms with Gasteiger partial charge in [0.2, 0.25) is 15.9 Å². The Hall–Kier alpha value is -0.460. The number of rotatable bonds is 4. The molecule has 0 aliphatic carbocycles. The molecule has 1 N–H and O–H groups in total. The number of nitrogens with zero attached hydrogens (tertiary/aromatic N) is 1. The van der Waals surface area contributed by atoms with Crippen LogP contribution in [0.15, 0.2) is 24.3 Å². The van der Waals surface area contributed by atoms with Crippen LogP contribution in [0.4, 0.5) is 0 Å². The zero-order chi connectivity index (χ0) is 14.8. The highest BCUT2D eigenvalue weighted by Crippen LogP contribution is 2.34. The summed E-state index contributed by atoms with van der Waals surface area (Å²) in [5.74, 6) is -0.774. The number of halogens is 4. The maximum absolute atomic E-state index is 11.3. The Balaban J connectivity index is 2.20. The summed E-state index contributed by atoms with van der Waals surface area (Å²) in [4.78, 5) is 15.6. The number of fused-ring (bicyclic) bond motifs is 1. The molecule has 2 rings (SSSR count). The minimum Gasteiger partial charge on any atom is -0.441 e. The van der Waals surface area contributed by atoms with Crippen molar-refractivity contribution in [1.29, 1.82) is 0 Å². The number of amides is 1. The van der Waals surface area contributed by atoms with Crippen molar-refractivity contribution in [3.8, 4) is 5.19 Å². The molecule has 0 radical (unpaired) electrons. The van der Waals surface area contributed by atoms with Crippen LogP contribution in [0.3, 0.4) is 0 Å². The Morgan fingerprint density at radius 1 is 1.40 bits per heavy atom. The van der Waals surface area contributed by atoms with Gasteiger partial charge in [0, 0.05) is 0 Å². The van der Waals surface area contributed by atoms with Crippen molar-refractivity contribution in [1.82, 2.24) is 10.3 Å². The van der Waals surface area contributed by atoms with Crippen LogP contribution in [0, 0.1) is 0 Å². The molecule has 0 saturated heterocycles. The van der Waals surface area contributed by atoms with Crippen molar-refractivity contribution >= 4 is 73.9 Å². The molecule has 0 bridgehead atoms. The summed E-state index contributed by atoms with van der Waals surface area (Å²) in [6, 6.07) is 7.46. The van der Waals surface area contributed by atoms with Gasteiger partial charge in [-0.2, -0.15) is 0 Å². The third-order valence-electron chi connectivity index (χ3n) is 2.20. The van der Waals surface area contributed by atoms with E-state index in [9.17, 15) is 4.79 Å². The van der Waals surface area contributed by atoms with Crippen LogP contribution < -0.4 is 10.1 Å². The van der Waals surface area contributed by atoms with Crippen molar-refractivity contribution in [2.24, 2.45) is 0 Å². The monoisotopic (exact) mass is 372 g/mol. The van der Waals surface area contributed by atoms with Crippen LogP contribution in [-0.4, -0.2) is 26.8 Å². The molecule has 4 nitrogen and oxygen atoms in total. The quantitative estimate of drug-likeness (QED) is 0.656. The number of thiazole rings is 1. The van der Waals surface area contributed by atoms with E-state index in [1.807, 2.05) is 24.3 Å². The lowest BCUT2D eigenvalue weighted by atomic mass is 10.3. The molecule has 1 heterocycles. The predicted molar refractivity (Wildman–Crippen MR) is 83.2 cm³/mol. The summed E-state index contributed by atoms with van der Waals surface area (Å²) in [6.45, 7) is 0. The molecule has 0 aliphatic rings. The summed E-state index contributed by atoms with van der Waals surface area (Å²) in [7, 11) is 0. The third kappa shape index (κ3) is 4.02. The van der Waals surface area contributed by atoms with Crippen LogP contribution in [0.5, 0.6) is 5.19 Å². The number of carbonyl (C=O) groups is 1. The molecule has 1 amide bonds. The van der Waals surface area contributed by atoms with E-state index in [4.69, 9.17) is 51.1 Å². The molecule has 0 saturated carbocycles. The van der Waals surface area contributed by atoms with Crippen LogP contribution in [0.2, 0.25) is 0 Å². The Morgan fingerprint density at radius 3 is 2.70 bits per heavy atom. The Labute approximate surface area is 138 Å². The van der Waals surface area contributed by atoms with Gasteiger partial charge in [0.15, 0.2) is 0 Å². The normalized spacial score (nSPS) is 13.2. The summed E-state index contributed by atoms with van der Waals surface area (Å²) in [6.07, 6.45) is -1.18. The molecule has 2 aromatic rings. The average molecular weight is 374 g/mol. The van der Waals surface area contributed by atoms with Gasteiger partial charge in [0.1, 0.15) is 5.88 Å². The molecule has 1 aromatic carbocycles. The lowest BCUT2D eigenvalue weighted by Crippen LogP contribution is -2.48. The fourth-order valence-electron chi connectivity index (χ4n) is 1.37. The van der Waals surface area contributed by atoms with Gasteiger partial charge in [-0.15, -0.1) is 11.6 Å². The zero-order valence-electron chi connectivity index (χ0n) is 9.78. The van der Waals surface area contributed by atoms with E-state index < -0.39 is 15.9 Å². The van der Waals surface area contributed by atoms with Crippen molar-refractivity contribution in [2.45, 2.75) is 10.0 Å². The molecular weight excluding hydrogens is 366 g/mol. The SMILES string of the molecule is O=C(CCl)N[C@H](Oc1nc2ccccc2s1)C(Cl)(Cl)Cl. The molecule has 108 valence electrons. The number of hydrogen-bond donors (Lipinski definition) is 1. The van der Waals surface area contributed by atoms with E-state index in [0.29, 0.717) is 0 Å². The van der Waals surface area contributed by atoms with Crippen molar-refractivity contribution in [3.05, 3.63) is 24.3 Å². The average Bonchev–Trinajstić information content (AvgIpc) is 2.79. The van der Waals surface area contributed by atoms with E-state index in [1.165, 1.54) is 11.3 Å². The fourth-order valence-corrected chi connectivity index (χ4v) is 2.58. The topological polar surface area (TPSA) is 51.2 Å². The molecule has 9 heteroatoms. The van der Waals surface area contributed by atoms with Gasteiger partial charge in [0.25, 0.3) is 5.19 Å². The van der Waals surface area contributed by atoms with E-state index in [2.05, 4.69) is 10.3 Å². The molecule has 1 aromatic heterocycles.